The van der Waals surface area contributed by atoms with Gasteiger partial charge in [0.15, 0.2) is 0 Å². The number of aromatic nitrogens is 2. The molecule has 7 heteroatoms. The molecule has 2 saturated heterocycles. The van der Waals surface area contributed by atoms with Gasteiger partial charge in [-0.1, -0.05) is 11.6 Å². The van der Waals surface area contributed by atoms with Crippen LogP contribution < -0.4 is 4.90 Å². The molecule has 7 nitrogen and oxygen atoms in total. The van der Waals surface area contributed by atoms with Crippen molar-refractivity contribution in [1.82, 2.24) is 14.9 Å². The molecule has 0 spiro atoms. The number of hydrogen-bond donors (Lipinski definition) is 0. The minimum absolute atomic E-state index is 0.0595. The van der Waals surface area contributed by atoms with Crippen molar-refractivity contribution in [2.75, 3.05) is 31.6 Å². The van der Waals surface area contributed by atoms with E-state index in [4.69, 9.17) is 14.7 Å². The van der Waals surface area contributed by atoms with Gasteiger partial charge in [-0.2, -0.15) is 0 Å². The van der Waals surface area contributed by atoms with Crippen LogP contribution in [0.2, 0.25) is 0 Å². The number of carbonyl (C=O) groups excluding carboxylic acids is 2. The largest absolute Gasteiger partial charge is 0.467 e. The number of esters is 1. The Bertz CT molecular complexity index is 953. The van der Waals surface area contributed by atoms with Crippen LogP contribution in [0, 0.1) is 19.8 Å². The lowest BCUT2D eigenvalue weighted by atomic mass is 9.92. The van der Waals surface area contributed by atoms with Gasteiger partial charge >= 0.3 is 5.97 Å². The predicted octanol–water partition coefficient (Wildman–Crippen LogP) is 3.02. The first-order valence-electron chi connectivity index (χ1n) is 10.9. The highest BCUT2D eigenvalue weighted by molar-refractivity contribution is 5.86. The summed E-state index contributed by atoms with van der Waals surface area (Å²) in [5.74, 6) is 0.475. The molecule has 2 aliphatic rings. The number of benzene rings is 1. The van der Waals surface area contributed by atoms with E-state index in [9.17, 15) is 9.59 Å². The van der Waals surface area contributed by atoms with Crippen molar-refractivity contribution in [2.45, 2.75) is 52.0 Å². The van der Waals surface area contributed by atoms with Gasteiger partial charge in [0, 0.05) is 30.9 Å². The Morgan fingerprint density at radius 2 is 1.80 bits per heavy atom. The van der Waals surface area contributed by atoms with E-state index in [1.807, 2.05) is 13.0 Å². The summed E-state index contributed by atoms with van der Waals surface area (Å²) in [6.07, 6.45) is 4.10. The summed E-state index contributed by atoms with van der Waals surface area (Å²) in [5, 5.41) is 1.09. The first-order valence-corrected chi connectivity index (χ1v) is 10.9. The lowest BCUT2D eigenvalue weighted by molar-refractivity contribution is -0.156. The molecular weight excluding hydrogens is 380 g/mol. The summed E-state index contributed by atoms with van der Waals surface area (Å²) < 4.78 is 4.93. The minimum Gasteiger partial charge on any atom is -0.467 e. The predicted molar refractivity (Wildman–Crippen MR) is 115 cm³/mol. The van der Waals surface area contributed by atoms with E-state index in [2.05, 4.69) is 24.0 Å². The summed E-state index contributed by atoms with van der Waals surface area (Å²) in [6, 6.07) is 5.81. The number of hydrogen-bond acceptors (Lipinski definition) is 6. The second kappa shape index (κ2) is 8.58. The van der Waals surface area contributed by atoms with E-state index in [1.165, 1.54) is 12.7 Å². The summed E-state index contributed by atoms with van der Waals surface area (Å²) in [6.45, 7) is 6.22. The highest BCUT2D eigenvalue weighted by Gasteiger charge is 2.37. The van der Waals surface area contributed by atoms with Crippen molar-refractivity contribution >= 4 is 28.7 Å². The van der Waals surface area contributed by atoms with Gasteiger partial charge < -0.3 is 14.5 Å². The van der Waals surface area contributed by atoms with Crippen LogP contribution in [0.5, 0.6) is 0 Å². The van der Waals surface area contributed by atoms with Gasteiger partial charge in [0.25, 0.3) is 0 Å². The third-order valence-electron chi connectivity index (χ3n) is 6.42. The number of fused-ring (bicyclic) bond motifs is 1. The molecule has 2 fully saturated rings. The first kappa shape index (κ1) is 20.6. The molecule has 0 radical (unpaired) electrons. The topological polar surface area (TPSA) is 75.6 Å². The number of methoxy groups -OCH3 is 1. The van der Waals surface area contributed by atoms with Crippen LogP contribution in [0.1, 0.15) is 43.4 Å². The average molecular weight is 411 g/mol. The zero-order valence-corrected chi connectivity index (χ0v) is 18.1. The maximum absolute atomic E-state index is 13.2. The van der Waals surface area contributed by atoms with Gasteiger partial charge in [0.05, 0.1) is 18.3 Å². The number of aryl methyl sites for hydroxylation is 2. The quantitative estimate of drug-likeness (QED) is 0.724. The molecule has 3 heterocycles. The number of amides is 1. The van der Waals surface area contributed by atoms with Gasteiger partial charge in [0.1, 0.15) is 6.04 Å². The Hall–Kier alpha value is -2.70. The molecule has 2 aliphatic heterocycles. The van der Waals surface area contributed by atoms with Crippen molar-refractivity contribution < 1.29 is 14.3 Å². The van der Waals surface area contributed by atoms with Gasteiger partial charge in [-0.15, -0.1) is 0 Å². The van der Waals surface area contributed by atoms with Gasteiger partial charge in [-0.3, -0.25) is 4.79 Å². The maximum atomic E-state index is 13.2. The van der Waals surface area contributed by atoms with Crippen molar-refractivity contribution in [2.24, 2.45) is 5.92 Å². The highest BCUT2D eigenvalue weighted by atomic mass is 16.5. The van der Waals surface area contributed by atoms with Crippen LogP contribution in [-0.2, 0) is 14.3 Å². The van der Waals surface area contributed by atoms with Crippen LogP contribution in [-0.4, -0.2) is 59.5 Å². The average Bonchev–Trinajstić information content (AvgIpc) is 2.78. The summed E-state index contributed by atoms with van der Waals surface area (Å²) >= 11 is 0. The van der Waals surface area contributed by atoms with Crippen molar-refractivity contribution in [3.63, 3.8) is 0 Å². The van der Waals surface area contributed by atoms with E-state index in [1.54, 1.807) is 4.90 Å². The summed E-state index contributed by atoms with van der Waals surface area (Å²) in [5.41, 5.74) is 3.13. The number of ether oxygens (including phenoxy) is 1. The monoisotopic (exact) mass is 410 g/mol. The molecule has 1 unspecified atom stereocenters. The van der Waals surface area contributed by atoms with E-state index in [0.29, 0.717) is 13.0 Å². The number of piperidine rings is 2. The third kappa shape index (κ3) is 3.98. The van der Waals surface area contributed by atoms with Crippen LogP contribution in [0.4, 0.5) is 5.95 Å². The summed E-state index contributed by atoms with van der Waals surface area (Å²) in [7, 11) is 1.39. The van der Waals surface area contributed by atoms with E-state index in [0.717, 1.165) is 61.3 Å². The van der Waals surface area contributed by atoms with Crippen molar-refractivity contribution in [1.29, 1.82) is 0 Å². The summed E-state index contributed by atoms with van der Waals surface area (Å²) in [4.78, 5) is 38.7. The van der Waals surface area contributed by atoms with E-state index in [-0.39, 0.29) is 17.8 Å². The highest BCUT2D eigenvalue weighted by Crippen LogP contribution is 2.28. The molecule has 0 aliphatic carbocycles. The smallest absolute Gasteiger partial charge is 0.328 e. The molecular formula is C23H30N4O3. The van der Waals surface area contributed by atoms with E-state index < -0.39 is 6.04 Å². The second-order valence-corrected chi connectivity index (χ2v) is 8.46. The Labute approximate surface area is 177 Å². The maximum Gasteiger partial charge on any atom is 0.328 e. The number of rotatable bonds is 3. The Balaban J connectivity index is 1.44. The fourth-order valence-electron chi connectivity index (χ4n) is 4.66. The molecule has 1 aromatic heterocycles. The van der Waals surface area contributed by atoms with Crippen LogP contribution >= 0.6 is 0 Å². The normalized spacial score (nSPS) is 20.4. The van der Waals surface area contributed by atoms with Crippen LogP contribution in [0.25, 0.3) is 10.9 Å². The van der Waals surface area contributed by atoms with Crippen molar-refractivity contribution in [3.8, 4) is 0 Å². The molecule has 30 heavy (non-hydrogen) atoms. The zero-order valence-electron chi connectivity index (χ0n) is 18.1. The van der Waals surface area contributed by atoms with Gasteiger partial charge in [-0.05, 0) is 58.1 Å². The second-order valence-electron chi connectivity index (χ2n) is 8.46. The number of carbonyl (C=O) groups is 2. The molecule has 160 valence electrons. The van der Waals surface area contributed by atoms with E-state index >= 15 is 0 Å². The zero-order chi connectivity index (χ0) is 21.3. The number of anilines is 1. The SMILES string of the molecule is COC(=O)C1CCCCN1C(=O)C1CCN(c2nc(C)c3cc(C)ccc3n2)CC1. The van der Waals surface area contributed by atoms with Gasteiger partial charge in [-0.25, -0.2) is 14.8 Å². The van der Waals surface area contributed by atoms with Crippen molar-refractivity contribution in [3.05, 3.63) is 29.5 Å². The minimum atomic E-state index is -0.427. The van der Waals surface area contributed by atoms with Gasteiger partial charge in [0.2, 0.25) is 11.9 Å². The van der Waals surface area contributed by atoms with Crippen LogP contribution in [0.15, 0.2) is 18.2 Å². The van der Waals surface area contributed by atoms with Crippen LogP contribution in [0.3, 0.4) is 0 Å². The molecule has 0 saturated carbocycles. The molecule has 0 bridgehead atoms. The Kier molecular flexibility index (Phi) is 5.88. The lowest BCUT2D eigenvalue weighted by Crippen LogP contribution is -2.52. The molecule has 4 rings (SSSR count). The standard InChI is InChI=1S/C23H30N4O3/c1-15-7-8-19-18(14-15)16(2)24-23(25-19)26-12-9-17(10-13-26)21(28)27-11-5-4-6-20(27)22(29)30-3/h7-8,14,17,20H,4-6,9-13H2,1-3H3. The molecule has 2 aromatic rings. The Morgan fingerprint density at radius 1 is 1.03 bits per heavy atom. The number of likely N-dealkylation sites (tertiary alicyclic amines) is 1. The Morgan fingerprint density at radius 3 is 2.53 bits per heavy atom. The fraction of sp³-hybridized carbons (Fsp3) is 0.565. The fourth-order valence-corrected chi connectivity index (χ4v) is 4.66. The first-order chi connectivity index (χ1) is 14.5. The number of nitrogens with zero attached hydrogens (tertiary/aromatic N) is 4. The molecule has 1 atom stereocenters. The molecule has 0 N–H and O–H groups in total. The third-order valence-corrected chi connectivity index (χ3v) is 6.42. The molecule has 1 amide bonds. The lowest BCUT2D eigenvalue weighted by Gasteiger charge is -2.38. The molecule has 1 aromatic carbocycles.